The molecule has 0 bridgehead atoms. The SMILES string of the molecule is O=C(ON1CCNCC1)C(c1ccccc1)c1ccccc1. The molecule has 3 rings (SSSR count). The normalized spacial score (nSPS) is 15.7. The molecule has 0 saturated carbocycles. The fraction of sp³-hybridized carbons (Fsp3) is 0.278. The van der Waals surface area contributed by atoms with Gasteiger partial charge in [-0.2, -0.15) is 0 Å². The molecule has 0 radical (unpaired) electrons. The summed E-state index contributed by atoms with van der Waals surface area (Å²) in [5.41, 5.74) is 1.91. The molecule has 2 aromatic carbocycles. The molecule has 0 unspecified atom stereocenters. The van der Waals surface area contributed by atoms with Crippen molar-refractivity contribution in [2.45, 2.75) is 5.92 Å². The lowest BCUT2D eigenvalue weighted by molar-refractivity contribution is -0.193. The third-order valence-electron chi connectivity index (χ3n) is 3.80. The van der Waals surface area contributed by atoms with E-state index in [1.807, 2.05) is 60.7 Å². The van der Waals surface area contributed by atoms with Crippen LogP contribution >= 0.6 is 0 Å². The molecule has 1 fully saturated rings. The summed E-state index contributed by atoms with van der Waals surface area (Å²) < 4.78 is 0. The number of hydroxylamine groups is 2. The minimum atomic E-state index is -0.391. The Hall–Kier alpha value is -2.17. The van der Waals surface area contributed by atoms with E-state index in [-0.39, 0.29) is 5.97 Å². The lowest BCUT2D eigenvalue weighted by Crippen LogP contribution is -2.44. The second-order valence-electron chi connectivity index (χ2n) is 5.34. The molecule has 1 aliphatic heterocycles. The van der Waals surface area contributed by atoms with Gasteiger partial charge in [0.1, 0.15) is 5.92 Å². The fourth-order valence-electron chi connectivity index (χ4n) is 2.67. The maximum Gasteiger partial charge on any atom is 0.336 e. The van der Waals surface area contributed by atoms with Crippen LogP contribution in [0.1, 0.15) is 17.0 Å². The van der Waals surface area contributed by atoms with E-state index in [0.717, 1.165) is 37.3 Å². The highest BCUT2D eigenvalue weighted by Crippen LogP contribution is 2.26. The lowest BCUT2D eigenvalue weighted by atomic mass is 9.91. The summed E-state index contributed by atoms with van der Waals surface area (Å²) in [5.74, 6) is -0.614. The first-order chi connectivity index (χ1) is 10.8. The summed E-state index contributed by atoms with van der Waals surface area (Å²) in [7, 11) is 0. The summed E-state index contributed by atoms with van der Waals surface area (Å²) in [6.07, 6.45) is 0. The summed E-state index contributed by atoms with van der Waals surface area (Å²) in [6.45, 7) is 3.13. The Morgan fingerprint density at radius 2 is 1.41 bits per heavy atom. The van der Waals surface area contributed by atoms with Gasteiger partial charge < -0.3 is 10.2 Å². The summed E-state index contributed by atoms with van der Waals surface area (Å²) in [6, 6.07) is 19.6. The van der Waals surface area contributed by atoms with Crippen molar-refractivity contribution in [1.29, 1.82) is 0 Å². The molecule has 1 saturated heterocycles. The number of carbonyl (C=O) groups is 1. The summed E-state index contributed by atoms with van der Waals surface area (Å²) in [5, 5.41) is 5.00. The van der Waals surface area contributed by atoms with Gasteiger partial charge in [-0.3, -0.25) is 0 Å². The third kappa shape index (κ3) is 3.53. The molecule has 0 atom stereocenters. The Balaban J connectivity index is 1.83. The van der Waals surface area contributed by atoms with E-state index in [1.165, 1.54) is 0 Å². The van der Waals surface area contributed by atoms with Gasteiger partial charge in [-0.15, -0.1) is 5.06 Å². The Morgan fingerprint density at radius 3 is 1.91 bits per heavy atom. The van der Waals surface area contributed by atoms with Crippen LogP contribution in [-0.4, -0.2) is 37.2 Å². The zero-order valence-electron chi connectivity index (χ0n) is 12.4. The van der Waals surface area contributed by atoms with E-state index in [4.69, 9.17) is 4.84 Å². The van der Waals surface area contributed by atoms with Crippen LogP contribution in [0.4, 0.5) is 0 Å². The predicted octanol–water partition coefficient (Wildman–Crippen LogP) is 2.18. The van der Waals surface area contributed by atoms with Gasteiger partial charge in [-0.25, -0.2) is 4.79 Å². The molecule has 0 aromatic heterocycles. The maximum atomic E-state index is 12.7. The topological polar surface area (TPSA) is 41.6 Å². The number of rotatable bonds is 4. The van der Waals surface area contributed by atoms with Crippen molar-refractivity contribution in [2.75, 3.05) is 26.2 Å². The highest BCUT2D eigenvalue weighted by Gasteiger charge is 2.26. The number of piperazine rings is 1. The average molecular weight is 296 g/mol. The molecule has 1 heterocycles. The van der Waals surface area contributed by atoms with Crippen LogP contribution in [0.15, 0.2) is 60.7 Å². The highest BCUT2D eigenvalue weighted by molar-refractivity contribution is 5.82. The van der Waals surface area contributed by atoms with Crippen molar-refractivity contribution in [3.63, 3.8) is 0 Å². The second kappa shape index (κ2) is 7.20. The highest BCUT2D eigenvalue weighted by atomic mass is 16.7. The van der Waals surface area contributed by atoms with Crippen LogP contribution in [0, 0.1) is 0 Å². The van der Waals surface area contributed by atoms with Crippen LogP contribution < -0.4 is 5.32 Å². The molecule has 4 heteroatoms. The first kappa shape index (κ1) is 14.8. The summed E-state index contributed by atoms with van der Waals surface area (Å²) >= 11 is 0. The molecule has 4 nitrogen and oxygen atoms in total. The largest absolute Gasteiger partial charge is 0.367 e. The predicted molar refractivity (Wildman–Crippen MR) is 85.3 cm³/mol. The first-order valence-corrected chi connectivity index (χ1v) is 7.62. The van der Waals surface area contributed by atoms with Gasteiger partial charge >= 0.3 is 5.97 Å². The second-order valence-corrected chi connectivity index (χ2v) is 5.34. The van der Waals surface area contributed by atoms with E-state index >= 15 is 0 Å². The van der Waals surface area contributed by atoms with Gasteiger partial charge in [0.2, 0.25) is 0 Å². The smallest absolute Gasteiger partial charge is 0.336 e. The first-order valence-electron chi connectivity index (χ1n) is 7.62. The van der Waals surface area contributed by atoms with Gasteiger partial charge in [-0.05, 0) is 11.1 Å². The molecule has 0 spiro atoms. The Labute approximate surface area is 130 Å². The molecular weight excluding hydrogens is 276 g/mol. The number of nitrogens with one attached hydrogen (secondary N) is 1. The Bertz CT molecular complexity index is 555. The van der Waals surface area contributed by atoms with E-state index in [9.17, 15) is 4.79 Å². The van der Waals surface area contributed by atoms with Crippen molar-refractivity contribution < 1.29 is 9.63 Å². The summed E-state index contributed by atoms with van der Waals surface area (Å²) in [4.78, 5) is 18.3. The molecular formula is C18H20N2O2. The average Bonchev–Trinajstić information content (AvgIpc) is 2.58. The third-order valence-corrected chi connectivity index (χ3v) is 3.80. The molecule has 1 N–H and O–H groups in total. The molecule has 22 heavy (non-hydrogen) atoms. The van der Waals surface area contributed by atoms with E-state index in [1.54, 1.807) is 5.06 Å². The quantitative estimate of drug-likeness (QED) is 0.939. The van der Waals surface area contributed by atoms with Crippen molar-refractivity contribution in [1.82, 2.24) is 10.4 Å². The van der Waals surface area contributed by atoms with Crippen LogP contribution in [0.3, 0.4) is 0 Å². The zero-order valence-corrected chi connectivity index (χ0v) is 12.4. The maximum absolute atomic E-state index is 12.7. The molecule has 1 aliphatic rings. The van der Waals surface area contributed by atoms with Crippen molar-refractivity contribution >= 4 is 5.97 Å². The molecule has 0 amide bonds. The van der Waals surface area contributed by atoms with Crippen molar-refractivity contribution in [3.8, 4) is 0 Å². The number of nitrogens with zero attached hydrogens (tertiary/aromatic N) is 1. The van der Waals surface area contributed by atoms with Gasteiger partial charge in [0.15, 0.2) is 0 Å². The van der Waals surface area contributed by atoms with Crippen LogP contribution in [0.25, 0.3) is 0 Å². The molecule has 0 aliphatic carbocycles. The standard InChI is InChI=1S/C18H20N2O2/c21-18(22-20-13-11-19-12-14-20)17(15-7-3-1-4-8-15)16-9-5-2-6-10-16/h1-10,17,19H,11-14H2. The van der Waals surface area contributed by atoms with Crippen LogP contribution in [-0.2, 0) is 9.63 Å². The number of hydrogen-bond donors (Lipinski definition) is 1. The molecule has 2 aromatic rings. The van der Waals surface area contributed by atoms with Gasteiger partial charge in [-0.1, -0.05) is 60.7 Å². The minimum absolute atomic E-state index is 0.223. The minimum Gasteiger partial charge on any atom is -0.367 e. The van der Waals surface area contributed by atoms with Gasteiger partial charge in [0.25, 0.3) is 0 Å². The van der Waals surface area contributed by atoms with Crippen LogP contribution in [0.2, 0.25) is 0 Å². The van der Waals surface area contributed by atoms with Gasteiger partial charge in [0, 0.05) is 26.2 Å². The lowest BCUT2D eigenvalue weighted by Gasteiger charge is -2.27. The Morgan fingerprint density at radius 1 is 0.909 bits per heavy atom. The van der Waals surface area contributed by atoms with E-state index in [2.05, 4.69) is 5.32 Å². The van der Waals surface area contributed by atoms with E-state index < -0.39 is 5.92 Å². The molecule has 114 valence electrons. The number of hydrogen-bond acceptors (Lipinski definition) is 4. The van der Waals surface area contributed by atoms with Crippen LogP contribution in [0.5, 0.6) is 0 Å². The fourth-order valence-corrected chi connectivity index (χ4v) is 2.67. The number of carbonyl (C=O) groups excluding carboxylic acids is 1. The van der Waals surface area contributed by atoms with Crippen molar-refractivity contribution in [2.24, 2.45) is 0 Å². The van der Waals surface area contributed by atoms with E-state index in [0.29, 0.717) is 0 Å². The monoisotopic (exact) mass is 296 g/mol. The van der Waals surface area contributed by atoms with Crippen molar-refractivity contribution in [3.05, 3.63) is 71.8 Å². The Kier molecular flexibility index (Phi) is 4.83. The zero-order chi connectivity index (χ0) is 15.2. The number of benzene rings is 2. The van der Waals surface area contributed by atoms with Gasteiger partial charge in [0.05, 0.1) is 0 Å².